The first-order chi connectivity index (χ1) is 13.3. The Labute approximate surface area is 166 Å². The lowest BCUT2D eigenvalue weighted by Gasteiger charge is -2.31. The van der Waals surface area contributed by atoms with Crippen molar-refractivity contribution in [3.8, 4) is 0 Å². The summed E-state index contributed by atoms with van der Waals surface area (Å²) in [5.74, 6) is 0.253. The SMILES string of the molecule is CCCCCCCCCCOC1CCN(CCC(=O)c2ccccc2)CC1. The van der Waals surface area contributed by atoms with Gasteiger partial charge in [-0.05, 0) is 19.3 Å². The zero-order valence-corrected chi connectivity index (χ0v) is 17.3. The second-order valence-corrected chi connectivity index (χ2v) is 7.93. The van der Waals surface area contributed by atoms with Gasteiger partial charge in [0.25, 0.3) is 0 Å². The van der Waals surface area contributed by atoms with Crippen molar-refractivity contribution in [3.63, 3.8) is 0 Å². The monoisotopic (exact) mass is 373 g/mol. The summed E-state index contributed by atoms with van der Waals surface area (Å²) in [7, 11) is 0. The molecule has 0 spiro atoms. The minimum Gasteiger partial charge on any atom is -0.378 e. The zero-order chi connectivity index (χ0) is 19.2. The van der Waals surface area contributed by atoms with E-state index in [2.05, 4.69) is 11.8 Å². The van der Waals surface area contributed by atoms with Gasteiger partial charge in [-0.25, -0.2) is 0 Å². The van der Waals surface area contributed by atoms with Crippen molar-refractivity contribution < 1.29 is 9.53 Å². The normalized spacial score (nSPS) is 15.9. The molecule has 0 atom stereocenters. The maximum absolute atomic E-state index is 12.2. The Bertz CT molecular complexity index is 494. The molecule has 1 aliphatic rings. The van der Waals surface area contributed by atoms with Crippen LogP contribution in [-0.4, -0.2) is 43.0 Å². The molecule has 0 unspecified atom stereocenters. The molecule has 0 bridgehead atoms. The number of nitrogens with zero attached hydrogens (tertiary/aromatic N) is 1. The highest BCUT2D eigenvalue weighted by atomic mass is 16.5. The molecular formula is C24H39NO2. The van der Waals surface area contributed by atoms with E-state index in [1.54, 1.807) is 0 Å². The molecule has 0 aliphatic carbocycles. The van der Waals surface area contributed by atoms with Crippen LogP contribution in [0, 0.1) is 0 Å². The summed E-state index contributed by atoms with van der Waals surface area (Å²) in [6.07, 6.45) is 14.1. The van der Waals surface area contributed by atoms with Gasteiger partial charge >= 0.3 is 0 Å². The van der Waals surface area contributed by atoms with Crippen LogP contribution in [0.15, 0.2) is 30.3 Å². The van der Waals surface area contributed by atoms with Crippen molar-refractivity contribution in [3.05, 3.63) is 35.9 Å². The van der Waals surface area contributed by atoms with E-state index in [-0.39, 0.29) is 5.78 Å². The molecule has 0 N–H and O–H groups in total. The zero-order valence-electron chi connectivity index (χ0n) is 17.3. The van der Waals surface area contributed by atoms with Crippen molar-refractivity contribution in [2.75, 3.05) is 26.2 Å². The standard InChI is InChI=1S/C24H39NO2/c1-2-3-4-5-6-7-8-12-21-27-23-15-18-25(19-16-23)20-17-24(26)22-13-10-9-11-14-22/h9-11,13-14,23H,2-8,12,15-21H2,1H3. The number of ether oxygens (including phenoxy) is 1. The van der Waals surface area contributed by atoms with Gasteiger partial charge in [0.1, 0.15) is 0 Å². The first-order valence-electron chi connectivity index (χ1n) is 11.2. The third-order valence-electron chi connectivity index (χ3n) is 5.64. The minimum absolute atomic E-state index is 0.253. The van der Waals surface area contributed by atoms with Crippen LogP contribution in [0.4, 0.5) is 0 Å². The Morgan fingerprint density at radius 2 is 1.59 bits per heavy atom. The van der Waals surface area contributed by atoms with Crippen LogP contribution < -0.4 is 0 Å². The molecule has 0 amide bonds. The predicted molar refractivity (Wildman–Crippen MR) is 113 cm³/mol. The lowest BCUT2D eigenvalue weighted by atomic mass is 10.1. The van der Waals surface area contributed by atoms with Gasteiger partial charge in [0.05, 0.1) is 6.10 Å². The lowest BCUT2D eigenvalue weighted by molar-refractivity contribution is 0.00592. The largest absolute Gasteiger partial charge is 0.378 e. The summed E-state index contributed by atoms with van der Waals surface area (Å²) in [5, 5.41) is 0. The second kappa shape index (κ2) is 13.9. The summed E-state index contributed by atoms with van der Waals surface area (Å²) >= 11 is 0. The fraction of sp³-hybridized carbons (Fsp3) is 0.708. The first kappa shape index (κ1) is 22.1. The highest BCUT2D eigenvalue weighted by molar-refractivity contribution is 5.96. The van der Waals surface area contributed by atoms with Crippen LogP contribution >= 0.6 is 0 Å². The first-order valence-corrected chi connectivity index (χ1v) is 11.2. The average molecular weight is 374 g/mol. The van der Waals surface area contributed by atoms with Crippen molar-refractivity contribution in [2.45, 2.75) is 83.7 Å². The van der Waals surface area contributed by atoms with Gasteiger partial charge in [-0.2, -0.15) is 0 Å². The highest BCUT2D eigenvalue weighted by Crippen LogP contribution is 2.16. The van der Waals surface area contributed by atoms with E-state index in [1.807, 2.05) is 30.3 Å². The Morgan fingerprint density at radius 3 is 2.26 bits per heavy atom. The lowest BCUT2D eigenvalue weighted by Crippen LogP contribution is -2.38. The van der Waals surface area contributed by atoms with Crippen LogP contribution in [0.25, 0.3) is 0 Å². The van der Waals surface area contributed by atoms with E-state index in [0.717, 1.165) is 44.6 Å². The number of unbranched alkanes of at least 4 members (excludes halogenated alkanes) is 7. The molecular weight excluding hydrogens is 334 g/mol. The van der Waals surface area contributed by atoms with Crippen LogP contribution in [0.5, 0.6) is 0 Å². The molecule has 1 aliphatic heterocycles. The predicted octanol–water partition coefficient (Wildman–Crippen LogP) is 5.88. The number of hydrogen-bond donors (Lipinski definition) is 0. The molecule has 0 saturated carbocycles. The fourth-order valence-corrected chi connectivity index (χ4v) is 3.81. The number of ketones is 1. The third kappa shape index (κ3) is 9.53. The number of rotatable bonds is 14. The van der Waals surface area contributed by atoms with Crippen LogP contribution in [0.1, 0.15) is 87.9 Å². The van der Waals surface area contributed by atoms with Gasteiger partial charge in [-0.15, -0.1) is 0 Å². The number of carbonyl (C=O) groups is 1. The Kier molecular flexibility index (Phi) is 11.4. The number of benzene rings is 1. The smallest absolute Gasteiger partial charge is 0.164 e. The summed E-state index contributed by atoms with van der Waals surface area (Å²) in [6, 6.07) is 9.64. The second-order valence-electron chi connectivity index (χ2n) is 7.93. The van der Waals surface area contributed by atoms with Gasteiger partial charge in [0.2, 0.25) is 0 Å². The molecule has 152 valence electrons. The molecule has 1 saturated heterocycles. The van der Waals surface area contributed by atoms with Gasteiger partial charge < -0.3 is 9.64 Å². The quantitative estimate of drug-likeness (QED) is 0.301. The van der Waals surface area contributed by atoms with Gasteiger partial charge in [0.15, 0.2) is 5.78 Å². The van der Waals surface area contributed by atoms with Crippen molar-refractivity contribution >= 4 is 5.78 Å². The molecule has 1 heterocycles. The Hall–Kier alpha value is -1.19. The number of likely N-dealkylation sites (tertiary alicyclic amines) is 1. The molecule has 2 rings (SSSR count). The Morgan fingerprint density at radius 1 is 0.963 bits per heavy atom. The van der Waals surface area contributed by atoms with E-state index >= 15 is 0 Å². The molecule has 0 aromatic heterocycles. The highest BCUT2D eigenvalue weighted by Gasteiger charge is 2.20. The minimum atomic E-state index is 0.253. The maximum atomic E-state index is 12.2. The topological polar surface area (TPSA) is 29.5 Å². The third-order valence-corrected chi connectivity index (χ3v) is 5.64. The molecule has 1 aromatic carbocycles. The molecule has 1 aromatic rings. The number of Topliss-reactive ketones (excluding diaryl/α,β-unsaturated/α-hetero) is 1. The van der Waals surface area contributed by atoms with Crippen molar-refractivity contribution in [1.29, 1.82) is 0 Å². The summed E-state index contributed by atoms with van der Waals surface area (Å²) < 4.78 is 6.08. The molecule has 3 heteroatoms. The maximum Gasteiger partial charge on any atom is 0.164 e. The Balaban J connectivity index is 1.45. The van der Waals surface area contributed by atoms with Crippen LogP contribution in [0.3, 0.4) is 0 Å². The fourth-order valence-electron chi connectivity index (χ4n) is 3.81. The average Bonchev–Trinajstić information content (AvgIpc) is 2.72. The van der Waals surface area contributed by atoms with Gasteiger partial charge in [0, 0.05) is 38.2 Å². The van der Waals surface area contributed by atoms with Crippen molar-refractivity contribution in [1.82, 2.24) is 4.90 Å². The van der Waals surface area contributed by atoms with Crippen LogP contribution in [0.2, 0.25) is 0 Å². The summed E-state index contributed by atoms with van der Waals surface area (Å²) in [4.78, 5) is 14.6. The summed E-state index contributed by atoms with van der Waals surface area (Å²) in [5.41, 5.74) is 0.834. The van der Waals surface area contributed by atoms with Gasteiger partial charge in [-0.3, -0.25) is 4.79 Å². The van der Waals surface area contributed by atoms with E-state index in [1.165, 1.54) is 51.4 Å². The number of hydrogen-bond acceptors (Lipinski definition) is 3. The van der Waals surface area contributed by atoms with E-state index < -0.39 is 0 Å². The molecule has 1 fully saturated rings. The van der Waals surface area contributed by atoms with E-state index in [4.69, 9.17) is 4.74 Å². The van der Waals surface area contributed by atoms with Crippen molar-refractivity contribution in [2.24, 2.45) is 0 Å². The van der Waals surface area contributed by atoms with Gasteiger partial charge in [-0.1, -0.05) is 82.2 Å². The molecule has 0 radical (unpaired) electrons. The number of carbonyl (C=O) groups excluding carboxylic acids is 1. The van der Waals surface area contributed by atoms with E-state index in [9.17, 15) is 4.79 Å². The molecule has 3 nitrogen and oxygen atoms in total. The van der Waals surface area contributed by atoms with E-state index in [0.29, 0.717) is 12.5 Å². The summed E-state index contributed by atoms with van der Waals surface area (Å²) in [6.45, 7) is 6.19. The number of piperidine rings is 1. The van der Waals surface area contributed by atoms with Crippen LogP contribution in [-0.2, 0) is 4.74 Å². The molecule has 27 heavy (non-hydrogen) atoms.